The Morgan fingerprint density at radius 1 is 1.88 bits per heavy atom. The molecule has 0 bridgehead atoms. The van der Waals surface area contributed by atoms with Crippen molar-refractivity contribution in [2.75, 3.05) is 7.11 Å². The van der Waals surface area contributed by atoms with E-state index in [1.165, 1.54) is 6.04 Å². The van der Waals surface area contributed by atoms with Crippen LogP contribution in [0.3, 0.4) is 0 Å². The molecule has 8 heavy (non-hydrogen) atoms. The topological polar surface area (TPSA) is 50.1 Å². The van der Waals surface area contributed by atoms with Crippen LogP contribution >= 0.6 is 0 Å². The molecule has 0 aromatic rings. The summed E-state index contributed by atoms with van der Waals surface area (Å²) in [6, 6.07) is 1.26. The molecule has 1 N–H and O–H groups in total. The molecule has 0 aliphatic carbocycles. The van der Waals surface area contributed by atoms with Gasteiger partial charge in [0, 0.05) is 7.11 Å². The molecule has 0 radical (unpaired) electrons. The molecule has 0 heterocycles. The fourth-order valence-electron chi connectivity index (χ4n) is 0.204. The maximum atomic E-state index is 8.35. The monoisotopic (exact) mass is 133 g/mol. The van der Waals surface area contributed by atoms with Crippen LogP contribution in [-0.2, 0) is 9.22 Å². The van der Waals surface area contributed by atoms with Crippen LogP contribution in [0.25, 0.3) is 0 Å². The van der Waals surface area contributed by atoms with Crippen LogP contribution in [0.15, 0.2) is 0 Å². The van der Waals surface area contributed by atoms with Gasteiger partial charge in [-0.1, -0.05) is 6.92 Å². The average Bonchev–Trinajstić information content (AvgIpc) is 1.71. The second-order valence-corrected chi connectivity index (χ2v) is 3.08. The van der Waals surface area contributed by atoms with Gasteiger partial charge in [0.05, 0.1) is 0 Å². The van der Waals surface area contributed by atoms with Crippen LogP contribution in [0, 0.1) is 5.41 Å². The molecule has 0 aromatic heterocycles. The van der Waals surface area contributed by atoms with E-state index in [1.807, 2.05) is 0 Å². The molecule has 48 valence electrons. The number of hydrogen-bond acceptors (Lipinski definition) is 3. The minimum Gasteiger partial charge on any atom is -0.427 e. The van der Waals surface area contributed by atoms with E-state index < -0.39 is 0 Å². The predicted octanol–water partition coefficient (Wildman–Crippen LogP) is 0.0558. The summed E-state index contributed by atoms with van der Waals surface area (Å²) < 4.78 is 4.83. The number of hydrogen-bond donors (Lipinski definition) is 1. The summed E-state index contributed by atoms with van der Waals surface area (Å²) in [5.74, 6) is 0. The lowest BCUT2D eigenvalue weighted by Crippen LogP contribution is -1.86. The second-order valence-electron chi connectivity index (χ2n) is 1.09. The third-order valence-corrected chi connectivity index (χ3v) is 1.22. The summed E-state index contributed by atoms with van der Waals surface area (Å²) >= 11 is 0. The van der Waals surface area contributed by atoms with Crippen LogP contribution < -0.4 is 0 Å². The Hall–Kier alpha value is -0.443. The SMILES string of the molecule is CC[SiH2]OC.N=C=O. The molecule has 4 heteroatoms. The largest absolute Gasteiger partial charge is 0.427 e. The van der Waals surface area contributed by atoms with Gasteiger partial charge in [-0.3, -0.25) is 0 Å². The molecule has 0 aliphatic rings. The molecule has 0 rings (SSSR count). The molecule has 0 fully saturated rings. The normalized spacial score (nSPS) is 7.75. The second kappa shape index (κ2) is 16.0. The highest BCUT2D eigenvalue weighted by Crippen LogP contribution is 1.68. The van der Waals surface area contributed by atoms with E-state index in [4.69, 9.17) is 14.6 Å². The molecule has 0 amide bonds. The molecule has 0 spiro atoms. The number of carbonyl (C=O) groups excluding carboxylic acids is 1. The van der Waals surface area contributed by atoms with Gasteiger partial charge in [0.25, 0.3) is 0 Å². The van der Waals surface area contributed by atoms with Crippen molar-refractivity contribution in [2.24, 2.45) is 0 Å². The van der Waals surface area contributed by atoms with Crippen molar-refractivity contribution in [1.29, 1.82) is 5.41 Å². The maximum Gasteiger partial charge on any atom is 0.231 e. The van der Waals surface area contributed by atoms with Crippen LogP contribution in [0.1, 0.15) is 6.92 Å². The third kappa shape index (κ3) is 47.6. The average molecular weight is 133 g/mol. The summed E-state index contributed by atoms with van der Waals surface area (Å²) in [5, 5.41) is 5.40. The van der Waals surface area contributed by atoms with Crippen molar-refractivity contribution in [3.63, 3.8) is 0 Å². The van der Waals surface area contributed by atoms with Gasteiger partial charge < -0.3 is 4.43 Å². The zero-order valence-corrected chi connectivity index (χ0v) is 6.64. The van der Waals surface area contributed by atoms with E-state index in [-0.39, 0.29) is 9.76 Å². The first-order valence-corrected chi connectivity index (χ1v) is 3.94. The van der Waals surface area contributed by atoms with Gasteiger partial charge in [-0.05, 0) is 6.04 Å². The van der Waals surface area contributed by atoms with Crippen LogP contribution in [0.4, 0.5) is 0 Å². The van der Waals surface area contributed by atoms with Crippen molar-refractivity contribution in [3.05, 3.63) is 0 Å². The van der Waals surface area contributed by atoms with Gasteiger partial charge in [-0.15, -0.1) is 0 Å². The first kappa shape index (κ1) is 10.5. The standard InChI is InChI=1S/C3H10OSi.CHNO/c1-3-5-4-2;2-1-3/h3,5H2,1-2H3;2H. The summed E-state index contributed by atoms with van der Waals surface area (Å²) in [5.41, 5.74) is 0. The van der Waals surface area contributed by atoms with E-state index in [9.17, 15) is 0 Å². The molecule has 0 saturated carbocycles. The first-order chi connectivity index (χ1) is 3.83. The van der Waals surface area contributed by atoms with E-state index in [1.54, 1.807) is 7.11 Å². The molecular formula is C4H11NO2Si. The summed E-state index contributed by atoms with van der Waals surface area (Å²) in [7, 11) is 1.71. The lowest BCUT2D eigenvalue weighted by Gasteiger charge is -1.83. The number of nitrogens with one attached hydrogen (secondary N) is 1. The summed E-state index contributed by atoms with van der Waals surface area (Å²) in [6.45, 7) is 2.15. The van der Waals surface area contributed by atoms with Gasteiger partial charge in [-0.2, -0.15) is 0 Å². The van der Waals surface area contributed by atoms with E-state index in [0.29, 0.717) is 0 Å². The number of rotatable bonds is 2. The zero-order valence-electron chi connectivity index (χ0n) is 5.23. The van der Waals surface area contributed by atoms with Gasteiger partial charge in [0.2, 0.25) is 6.08 Å². The van der Waals surface area contributed by atoms with Gasteiger partial charge in [0.1, 0.15) is 0 Å². The summed E-state index contributed by atoms with van der Waals surface area (Å²) in [4.78, 5) is 8.35. The molecule has 0 aromatic carbocycles. The molecule has 0 unspecified atom stereocenters. The van der Waals surface area contributed by atoms with Crippen molar-refractivity contribution in [3.8, 4) is 0 Å². The quantitative estimate of drug-likeness (QED) is 0.329. The molecule has 0 aliphatic heterocycles. The molecule has 0 atom stereocenters. The van der Waals surface area contributed by atoms with E-state index in [2.05, 4.69) is 6.92 Å². The van der Waals surface area contributed by atoms with Gasteiger partial charge in [-0.25, -0.2) is 10.2 Å². The van der Waals surface area contributed by atoms with E-state index in [0.717, 1.165) is 6.08 Å². The highest BCUT2D eigenvalue weighted by atomic mass is 28.2. The van der Waals surface area contributed by atoms with E-state index >= 15 is 0 Å². The summed E-state index contributed by atoms with van der Waals surface area (Å²) in [6.07, 6.45) is 0.750. The Morgan fingerprint density at radius 2 is 2.25 bits per heavy atom. The van der Waals surface area contributed by atoms with Crippen molar-refractivity contribution >= 4 is 15.8 Å². The third-order valence-electron chi connectivity index (χ3n) is 0.408. The Labute approximate surface area is 51.5 Å². The highest BCUT2D eigenvalue weighted by molar-refractivity contribution is 6.26. The minimum absolute atomic E-state index is 0.0679. The Morgan fingerprint density at radius 3 is 2.25 bits per heavy atom. The fraction of sp³-hybridized carbons (Fsp3) is 0.750. The Balaban J connectivity index is 0. The Kier molecular flexibility index (Phi) is 21.0. The number of isocyanates is 1. The lowest BCUT2D eigenvalue weighted by atomic mass is 11.0. The predicted molar refractivity (Wildman–Crippen MR) is 34.4 cm³/mol. The fourth-order valence-corrected chi connectivity index (χ4v) is 0.612. The van der Waals surface area contributed by atoms with Crippen LogP contribution in [0.5, 0.6) is 0 Å². The minimum atomic E-state index is -0.0679. The Bertz CT molecular complexity index is 59.1. The zero-order chi connectivity index (χ0) is 6.83. The maximum absolute atomic E-state index is 8.35. The van der Waals surface area contributed by atoms with Crippen molar-refractivity contribution in [2.45, 2.75) is 13.0 Å². The van der Waals surface area contributed by atoms with Crippen molar-refractivity contribution < 1.29 is 9.22 Å². The molecule has 3 nitrogen and oxygen atoms in total. The lowest BCUT2D eigenvalue weighted by molar-refractivity contribution is 0.442. The first-order valence-electron chi connectivity index (χ1n) is 2.36. The van der Waals surface area contributed by atoms with Crippen molar-refractivity contribution in [1.82, 2.24) is 0 Å². The van der Waals surface area contributed by atoms with Crippen LogP contribution in [-0.4, -0.2) is 23.0 Å². The highest BCUT2D eigenvalue weighted by Gasteiger charge is 1.69. The molecular weight excluding hydrogens is 122 g/mol. The van der Waals surface area contributed by atoms with Gasteiger partial charge >= 0.3 is 0 Å². The van der Waals surface area contributed by atoms with Gasteiger partial charge in [0.15, 0.2) is 9.76 Å². The van der Waals surface area contributed by atoms with Crippen LogP contribution in [0.2, 0.25) is 6.04 Å². The molecule has 0 saturated heterocycles. The smallest absolute Gasteiger partial charge is 0.231 e.